The van der Waals surface area contributed by atoms with Gasteiger partial charge in [0.15, 0.2) is 0 Å². The first-order valence-corrected chi connectivity index (χ1v) is 8.61. The van der Waals surface area contributed by atoms with Crippen LogP contribution in [0, 0.1) is 11.3 Å². The van der Waals surface area contributed by atoms with Crippen LogP contribution < -0.4 is 4.90 Å². The summed E-state index contributed by atoms with van der Waals surface area (Å²) >= 11 is 0. The molecule has 2 aromatic heterocycles. The molecule has 2 aliphatic rings. The topological polar surface area (TPSA) is 38.2 Å². The molecule has 26 heavy (non-hydrogen) atoms. The summed E-state index contributed by atoms with van der Waals surface area (Å²) in [6, 6.07) is 6.51. The molecule has 0 amide bonds. The van der Waals surface area contributed by atoms with Crippen LogP contribution in [0.4, 0.5) is 18.9 Å². The van der Waals surface area contributed by atoms with E-state index in [1.54, 1.807) is 13.3 Å². The molecule has 1 unspecified atom stereocenters. The van der Waals surface area contributed by atoms with Crippen LogP contribution >= 0.6 is 0 Å². The standard InChI is InChI=1S/C19H20F3N3O/c1-26-17(13-3-2-6-23-9-13)14-7-18(8-14)11-25(12-18)15-4-5-16(24-10-15)19(20,21)22/h2-6,9-10,14,17H,7-8,11-12H2,1H3. The van der Waals surface area contributed by atoms with Gasteiger partial charge in [0.2, 0.25) is 0 Å². The third-order valence-corrected chi connectivity index (χ3v) is 5.54. The zero-order valence-electron chi connectivity index (χ0n) is 14.4. The Morgan fingerprint density at radius 2 is 1.96 bits per heavy atom. The van der Waals surface area contributed by atoms with Gasteiger partial charge >= 0.3 is 6.18 Å². The Bertz CT molecular complexity index is 750. The number of ether oxygens (including phenoxy) is 1. The van der Waals surface area contributed by atoms with Crippen LogP contribution in [0.5, 0.6) is 0 Å². The van der Waals surface area contributed by atoms with Gasteiger partial charge in [-0.25, -0.2) is 4.98 Å². The Morgan fingerprint density at radius 3 is 2.50 bits per heavy atom. The largest absolute Gasteiger partial charge is 0.433 e. The number of anilines is 1. The molecular weight excluding hydrogens is 343 g/mol. The van der Waals surface area contributed by atoms with E-state index in [9.17, 15) is 13.2 Å². The number of aromatic nitrogens is 2. The summed E-state index contributed by atoms with van der Waals surface area (Å²) < 4.78 is 43.5. The van der Waals surface area contributed by atoms with Crippen LogP contribution in [0.2, 0.25) is 0 Å². The smallest absolute Gasteiger partial charge is 0.376 e. The number of alkyl halides is 3. The van der Waals surface area contributed by atoms with E-state index >= 15 is 0 Å². The van der Waals surface area contributed by atoms with Gasteiger partial charge in [0.25, 0.3) is 0 Å². The first-order valence-electron chi connectivity index (χ1n) is 8.61. The molecule has 4 rings (SSSR count). The van der Waals surface area contributed by atoms with Crippen molar-refractivity contribution in [3.8, 4) is 0 Å². The Labute approximate surface area is 150 Å². The van der Waals surface area contributed by atoms with Crippen molar-refractivity contribution < 1.29 is 17.9 Å². The Kier molecular flexibility index (Phi) is 4.14. The highest BCUT2D eigenvalue weighted by atomic mass is 19.4. The van der Waals surface area contributed by atoms with Gasteiger partial charge < -0.3 is 9.64 Å². The van der Waals surface area contributed by atoms with Crippen molar-refractivity contribution in [3.63, 3.8) is 0 Å². The van der Waals surface area contributed by atoms with Crippen molar-refractivity contribution in [1.29, 1.82) is 0 Å². The lowest BCUT2D eigenvalue weighted by Gasteiger charge is -2.61. The number of pyridine rings is 2. The fraction of sp³-hybridized carbons (Fsp3) is 0.474. The number of hydrogen-bond donors (Lipinski definition) is 0. The summed E-state index contributed by atoms with van der Waals surface area (Å²) in [6.45, 7) is 1.72. The van der Waals surface area contributed by atoms with Crippen LogP contribution in [0.15, 0.2) is 42.9 Å². The van der Waals surface area contributed by atoms with Crippen LogP contribution in [0.25, 0.3) is 0 Å². The number of methoxy groups -OCH3 is 1. The maximum atomic E-state index is 12.6. The van der Waals surface area contributed by atoms with E-state index in [4.69, 9.17) is 4.74 Å². The second-order valence-electron chi connectivity index (χ2n) is 7.37. The van der Waals surface area contributed by atoms with E-state index in [1.807, 2.05) is 18.3 Å². The number of nitrogens with zero attached hydrogens (tertiary/aromatic N) is 3. The third kappa shape index (κ3) is 3.05. The minimum Gasteiger partial charge on any atom is -0.376 e. The third-order valence-electron chi connectivity index (χ3n) is 5.54. The molecule has 1 atom stereocenters. The van der Waals surface area contributed by atoms with Crippen molar-refractivity contribution in [2.45, 2.75) is 25.1 Å². The molecular formula is C19H20F3N3O. The maximum absolute atomic E-state index is 12.6. The average molecular weight is 363 g/mol. The van der Waals surface area contributed by atoms with Crippen LogP contribution in [0.1, 0.15) is 30.2 Å². The summed E-state index contributed by atoms with van der Waals surface area (Å²) in [6.07, 6.45) is 2.70. The number of rotatable bonds is 4. The lowest BCUT2D eigenvalue weighted by atomic mass is 9.55. The molecule has 2 aromatic rings. The molecule has 7 heteroatoms. The molecule has 0 bridgehead atoms. The van der Waals surface area contributed by atoms with Crippen LogP contribution in [-0.4, -0.2) is 30.2 Å². The van der Waals surface area contributed by atoms with E-state index < -0.39 is 11.9 Å². The first kappa shape index (κ1) is 17.3. The maximum Gasteiger partial charge on any atom is 0.433 e. The van der Waals surface area contributed by atoms with E-state index in [1.165, 1.54) is 12.3 Å². The fourth-order valence-electron chi connectivity index (χ4n) is 4.36. The second kappa shape index (κ2) is 6.23. The van der Waals surface area contributed by atoms with Gasteiger partial charge in [-0.05, 0) is 42.5 Å². The lowest BCUT2D eigenvalue weighted by molar-refractivity contribution is -0.141. The van der Waals surface area contributed by atoms with Crippen molar-refractivity contribution >= 4 is 5.69 Å². The van der Waals surface area contributed by atoms with Crippen molar-refractivity contribution in [2.24, 2.45) is 11.3 Å². The van der Waals surface area contributed by atoms with E-state index in [-0.39, 0.29) is 11.5 Å². The highest BCUT2D eigenvalue weighted by Crippen LogP contribution is 2.57. The molecule has 138 valence electrons. The summed E-state index contributed by atoms with van der Waals surface area (Å²) in [5.41, 5.74) is 1.26. The predicted octanol–water partition coefficient (Wildman–Crippen LogP) is 4.10. The zero-order valence-corrected chi connectivity index (χ0v) is 14.4. The van der Waals surface area contributed by atoms with Gasteiger partial charge in [-0.15, -0.1) is 0 Å². The van der Waals surface area contributed by atoms with Crippen molar-refractivity contribution in [1.82, 2.24) is 9.97 Å². The number of halogens is 3. The molecule has 1 aliphatic carbocycles. The molecule has 1 aliphatic heterocycles. The highest BCUT2D eigenvalue weighted by molar-refractivity contribution is 5.49. The Balaban J connectivity index is 1.34. The normalized spacial score (nSPS) is 20.5. The van der Waals surface area contributed by atoms with Gasteiger partial charge in [0.1, 0.15) is 5.69 Å². The zero-order chi connectivity index (χ0) is 18.4. The van der Waals surface area contributed by atoms with Gasteiger partial charge in [-0.2, -0.15) is 13.2 Å². The summed E-state index contributed by atoms with van der Waals surface area (Å²) in [5.74, 6) is 0.456. The van der Waals surface area contributed by atoms with Crippen LogP contribution in [0.3, 0.4) is 0 Å². The first-order chi connectivity index (χ1) is 12.4. The van der Waals surface area contributed by atoms with Gasteiger partial charge in [0.05, 0.1) is 18.0 Å². The number of hydrogen-bond acceptors (Lipinski definition) is 4. The predicted molar refractivity (Wildman–Crippen MR) is 90.6 cm³/mol. The van der Waals surface area contributed by atoms with Crippen molar-refractivity contribution in [2.75, 3.05) is 25.1 Å². The molecule has 0 aromatic carbocycles. The van der Waals surface area contributed by atoms with E-state index in [2.05, 4.69) is 14.9 Å². The molecule has 1 saturated heterocycles. The average Bonchev–Trinajstić information content (AvgIpc) is 2.56. The molecule has 1 saturated carbocycles. The SMILES string of the molecule is COC(c1cccnc1)C1CC2(C1)CN(c1ccc(C(F)(F)F)nc1)C2. The lowest BCUT2D eigenvalue weighted by Crippen LogP contribution is -2.63. The van der Waals surface area contributed by atoms with Gasteiger partial charge in [0, 0.05) is 38.0 Å². The molecule has 4 nitrogen and oxygen atoms in total. The molecule has 2 fully saturated rings. The monoisotopic (exact) mass is 363 g/mol. The molecule has 1 spiro atoms. The summed E-state index contributed by atoms with van der Waals surface area (Å²) in [4.78, 5) is 9.81. The summed E-state index contributed by atoms with van der Waals surface area (Å²) in [5, 5.41) is 0. The molecule has 0 radical (unpaired) electrons. The fourth-order valence-corrected chi connectivity index (χ4v) is 4.36. The van der Waals surface area contributed by atoms with Gasteiger partial charge in [-0.3, -0.25) is 4.98 Å². The van der Waals surface area contributed by atoms with E-state index in [0.29, 0.717) is 5.92 Å². The highest BCUT2D eigenvalue weighted by Gasteiger charge is 2.54. The minimum atomic E-state index is -4.39. The van der Waals surface area contributed by atoms with E-state index in [0.717, 1.165) is 43.2 Å². The van der Waals surface area contributed by atoms with Crippen LogP contribution in [-0.2, 0) is 10.9 Å². The second-order valence-corrected chi connectivity index (χ2v) is 7.37. The molecule has 0 N–H and O–H groups in total. The quantitative estimate of drug-likeness (QED) is 0.820. The van der Waals surface area contributed by atoms with Gasteiger partial charge in [-0.1, -0.05) is 6.07 Å². The Morgan fingerprint density at radius 1 is 1.19 bits per heavy atom. The molecule has 3 heterocycles. The summed E-state index contributed by atoms with van der Waals surface area (Å²) in [7, 11) is 1.73. The minimum absolute atomic E-state index is 0.0520. The Hall–Kier alpha value is -2.15. The van der Waals surface area contributed by atoms with Crippen molar-refractivity contribution in [3.05, 3.63) is 54.1 Å².